The Bertz CT molecular complexity index is 778. The van der Waals surface area contributed by atoms with Gasteiger partial charge in [0, 0.05) is 25.2 Å². The predicted octanol–water partition coefficient (Wildman–Crippen LogP) is 2.02. The van der Waals surface area contributed by atoms with Crippen molar-refractivity contribution in [3.05, 3.63) is 23.0 Å². The lowest BCUT2D eigenvalue weighted by Gasteiger charge is -2.33. The minimum Gasteiger partial charge on any atom is -0.377 e. The van der Waals surface area contributed by atoms with E-state index in [4.69, 9.17) is 9.72 Å². The van der Waals surface area contributed by atoms with Gasteiger partial charge in [0.15, 0.2) is 5.65 Å². The van der Waals surface area contributed by atoms with E-state index < -0.39 is 0 Å². The van der Waals surface area contributed by atoms with Gasteiger partial charge in [0.25, 0.3) is 5.91 Å². The molecule has 1 unspecified atom stereocenters. The maximum absolute atomic E-state index is 13.2. The van der Waals surface area contributed by atoms with E-state index in [1.165, 1.54) is 0 Å². The van der Waals surface area contributed by atoms with E-state index in [0.717, 1.165) is 40.8 Å². The van der Waals surface area contributed by atoms with E-state index in [1.54, 1.807) is 4.68 Å². The van der Waals surface area contributed by atoms with E-state index in [-0.39, 0.29) is 11.9 Å². The quantitative estimate of drug-likeness (QED) is 0.851. The zero-order chi connectivity index (χ0) is 16.1. The molecule has 23 heavy (non-hydrogen) atoms. The van der Waals surface area contributed by atoms with Gasteiger partial charge in [0.1, 0.15) is 0 Å². The molecule has 2 aromatic heterocycles. The fourth-order valence-electron chi connectivity index (χ4n) is 3.40. The number of nitrogens with zero attached hydrogens (tertiary/aromatic N) is 4. The number of aryl methyl sites for hydroxylation is 2. The minimum absolute atomic E-state index is 0.0752. The maximum Gasteiger partial charge on any atom is 0.255 e. The third-order valence-corrected chi connectivity index (χ3v) is 4.84. The second kappa shape index (κ2) is 5.30. The number of ether oxygens (including phenoxy) is 1. The molecule has 1 saturated heterocycles. The van der Waals surface area contributed by atoms with Crippen molar-refractivity contribution in [3.63, 3.8) is 0 Å². The molecule has 0 radical (unpaired) electrons. The molecule has 0 bridgehead atoms. The number of hydrogen-bond acceptors (Lipinski definition) is 4. The largest absolute Gasteiger partial charge is 0.377 e. The van der Waals surface area contributed by atoms with Crippen LogP contribution in [-0.2, 0) is 11.8 Å². The average Bonchev–Trinajstić information content (AvgIpc) is 3.34. The highest BCUT2D eigenvalue weighted by molar-refractivity contribution is 6.06. The van der Waals surface area contributed by atoms with Crippen molar-refractivity contribution in [2.75, 3.05) is 19.8 Å². The Morgan fingerprint density at radius 1 is 1.39 bits per heavy atom. The number of fused-ring (bicyclic) bond motifs is 1. The Morgan fingerprint density at radius 2 is 2.17 bits per heavy atom. The molecule has 3 heterocycles. The van der Waals surface area contributed by atoms with Crippen LogP contribution in [0.15, 0.2) is 6.07 Å². The van der Waals surface area contributed by atoms with Gasteiger partial charge in [-0.2, -0.15) is 5.10 Å². The first kappa shape index (κ1) is 14.6. The fourth-order valence-corrected chi connectivity index (χ4v) is 3.40. The third kappa shape index (κ3) is 2.41. The van der Waals surface area contributed by atoms with Crippen LogP contribution in [0.5, 0.6) is 0 Å². The monoisotopic (exact) mass is 314 g/mol. The molecule has 2 fully saturated rings. The van der Waals surface area contributed by atoms with Crippen LogP contribution >= 0.6 is 0 Å². The summed E-state index contributed by atoms with van der Waals surface area (Å²) in [5.41, 5.74) is 3.46. The summed E-state index contributed by atoms with van der Waals surface area (Å²) in [6.45, 7) is 5.82. The highest BCUT2D eigenvalue weighted by Crippen LogP contribution is 2.40. The van der Waals surface area contributed by atoms with Crippen LogP contribution < -0.4 is 0 Å². The smallest absolute Gasteiger partial charge is 0.255 e. The van der Waals surface area contributed by atoms with E-state index in [9.17, 15) is 4.79 Å². The molecule has 1 atom stereocenters. The molecule has 2 aliphatic rings. The van der Waals surface area contributed by atoms with E-state index in [1.807, 2.05) is 31.9 Å². The first-order valence-corrected chi connectivity index (χ1v) is 8.29. The Kier molecular flexibility index (Phi) is 3.37. The second-order valence-electron chi connectivity index (χ2n) is 6.70. The number of amides is 1. The molecule has 6 nitrogen and oxygen atoms in total. The highest BCUT2D eigenvalue weighted by Gasteiger charge is 2.31. The molecule has 0 spiro atoms. The number of carbonyl (C=O) groups excluding carboxylic acids is 1. The van der Waals surface area contributed by atoms with Crippen molar-refractivity contribution < 1.29 is 9.53 Å². The van der Waals surface area contributed by atoms with Crippen LogP contribution in [-0.4, -0.2) is 51.4 Å². The van der Waals surface area contributed by atoms with Crippen molar-refractivity contribution in [1.29, 1.82) is 0 Å². The van der Waals surface area contributed by atoms with Crippen molar-refractivity contribution in [3.8, 4) is 0 Å². The topological polar surface area (TPSA) is 60.2 Å². The van der Waals surface area contributed by atoms with Crippen LogP contribution in [0.4, 0.5) is 0 Å². The fraction of sp³-hybridized carbons (Fsp3) is 0.588. The van der Waals surface area contributed by atoms with Gasteiger partial charge in [-0.05, 0) is 32.8 Å². The van der Waals surface area contributed by atoms with Crippen molar-refractivity contribution >= 4 is 16.9 Å². The first-order valence-electron chi connectivity index (χ1n) is 8.29. The van der Waals surface area contributed by atoms with E-state index >= 15 is 0 Å². The maximum atomic E-state index is 13.2. The van der Waals surface area contributed by atoms with Gasteiger partial charge in [-0.15, -0.1) is 0 Å². The van der Waals surface area contributed by atoms with Crippen molar-refractivity contribution in [1.82, 2.24) is 19.7 Å². The summed E-state index contributed by atoms with van der Waals surface area (Å²) in [6, 6.07) is 2.10. The molecular formula is C17H22N4O2. The Morgan fingerprint density at radius 3 is 2.87 bits per heavy atom. The number of morpholine rings is 1. The summed E-state index contributed by atoms with van der Waals surface area (Å²) in [5, 5.41) is 5.37. The number of aromatic nitrogens is 3. The Hall–Kier alpha value is -1.95. The lowest BCUT2D eigenvalue weighted by Crippen LogP contribution is -2.47. The standard InChI is InChI=1S/C17H22N4O2/c1-10-9-23-7-6-21(10)17(22)13-8-14(12-4-5-12)18-16-15(13)11(2)19-20(16)3/h8,10,12H,4-7,9H2,1-3H3. The predicted molar refractivity (Wildman–Crippen MR) is 86.5 cm³/mol. The lowest BCUT2D eigenvalue weighted by atomic mass is 10.1. The second-order valence-corrected chi connectivity index (χ2v) is 6.70. The summed E-state index contributed by atoms with van der Waals surface area (Å²) in [7, 11) is 1.89. The van der Waals surface area contributed by atoms with Gasteiger partial charge in [0.05, 0.1) is 35.9 Å². The molecule has 6 heteroatoms. The van der Waals surface area contributed by atoms with Crippen LogP contribution in [0.2, 0.25) is 0 Å². The summed E-state index contributed by atoms with van der Waals surface area (Å²) in [5.74, 6) is 0.578. The van der Waals surface area contributed by atoms with E-state index in [0.29, 0.717) is 25.7 Å². The SMILES string of the molecule is Cc1nn(C)c2nc(C3CC3)cc(C(=O)N3CCOCC3C)c12. The van der Waals surface area contributed by atoms with Gasteiger partial charge >= 0.3 is 0 Å². The summed E-state index contributed by atoms with van der Waals surface area (Å²) >= 11 is 0. The van der Waals surface area contributed by atoms with Crippen LogP contribution in [0.25, 0.3) is 11.0 Å². The van der Waals surface area contributed by atoms with Gasteiger partial charge < -0.3 is 9.64 Å². The Balaban J connectivity index is 1.85. The normalized spacial score (nSPS) is 21.9. The molecular weight excluding hydrogens is 292 g/mol. The van der Waals surface area contributed by atoms with Gasteiger partial charge in [-0.25, -0.2) is 4.98 Å². The summed E-state index contributed by atoms with van der Waals surface area (Å²) in [4.78, 5) is 19.9. The molecule has 0 aromatic carbocycles. The zero-order valence-corrected chi connectivity index (χ0v) is 13.9. The van der Waals surface area contributed by atoms with Crippen LogP contribution in [0.3, 0.4) is 0 Å². The van der Waals surface area contributed by atoms with E-state index in [2.05, 4.69) is 5.10 Å². The molecule has 0 N–H and O–H groups in total. The van der Waals surface area contributed by atoms with Crippen molar-refractivity contribution in [2.24, 2.45) is 7.05 Å². The number of rotatable bonds is 2. The molecule has 4 rings (SSSR count). The summed E-state index contributed by atoms with van der Waals surface area (Å²) in [6.07, 6.45) is 2.33. The lowest BCUT2D eigenvalue weighted by molar-refractivity contribution is 0.00369. The molecule has 1 amide bonds. The minimum atomic E-state index is 0.0752. The van der Waals surface area contributed by atoms with Crippen LogP contribution in [0.1, 0.15) is 47.4 Å². The van der Waals surface area contributed by atoms with Gasteiger partial charge in [-0.3, -0.25) is 9.48 Å². The number of pyridine rings is 1. The van der Waals surface area contributed by atoms with Gasteiger partial charge in [0.2, 0.25) is 0 Å². The first-order chi connectivity index (χ1) is 11.1. The molecule has 122 valence electrons. The van der Waals surface area contributed by atoms with Gasteiger partial charge in [-0.1, -0.05) is 0 Å². The number of hydrogen-bond donors (Lipinski definition) is 0. The Labute approximate surface area is 135 Å². The average molecular weight is 314 g/mol. The molecule has 1 aliphatic carbocycles. The summed E-state index contributed by atoms with van der Waals surface area (Å²) < 4.78 is 7.25. The third-order valence-electron chi connectivity index (χ3n) is 4.84. The molecule has 2 aromatic rings. The zero-order valence-electron chi connectivity index (χ0n) is 13.9. The van der Waals surface area contributed by atoms with Crippen LogP contribution in [0, 0.1) is 6.92 Å². The molecule has 1 aliphatic heterocycles. The number of carbonyl (C=O) groups is 1. The van der Waals surface area contributed by atoms with Crippen molar-refractivity contribution in [2.45, 2.75) is 38.6 Å². The highest BCUT2D eigenvalue weighted by atomic mass is 16.5. The molecule has 1 saturated carbocycles.